The molecule has 1 aliphatic carbocycles. The van der Waals surface area contributed by atoms with Gasteiger partial charge in [0.05, 0.1) is 0 Å². The Kier molecular flexibility index (Phi) is 5.20. The Morgan fingerprint density at radius 3 is 2.76 bits per heavy atom. The van der Waals surface area contributed by atoms with Crippen molar-refractivity contribution in [3.8, 4) is 0 Å². The molecule has 0 amide bonds. The highest BCUT2D eigenvalue weighted by molar-refractivity contribution is 8.00. The van der Waals surface area contributed by atoms with E-state index in [9.17, 15) is 0 Å². The van der Waals surface area contributed by atoms with Crippen molar-refractivity contribution in [1.29, 1.82) is 0 Å². The van der Waals surface area contributed by atoms with Crippen LogP contribution in [0.15, 0.2) is 29.2 Å². The molecule has 0 heterocycles. The molecule has 94 valence electrons. The minimum atomic E-state index is 0.721. The van der Waals surface area contributed by atoms with E-state index in [4.69, 9.17) is 11.6 Å². The van der Waals surface area contributed by atoms with Gasteiger partial charge in [-0.15, -0.1) is 11.8 Å². The zero-order valence-electron chi connectivity index (χ0n) is 10.3. The molecule has 0 aliphatic heterocycles. The van der Waals surface area contributed by atoms with Crippen LogP contribution in [0, 0.1) is 0 Å². The molecule has 1 fully saturated rings. The molecule has 1 aliphatic rings. The molecule has 17 heavy (non-hydrogen) atoms. The summed E-state index contributed by atoms with van der Waals surface area (Å²) in [6.45, 7) is 3.28. The topological polar surface area (TPSA) is 12.0 Å². The minimum absolute atomic E-state index is 0.721. The first-order chi connectivity index (χ1) is 8.28. The standard InChI is InChI=1S/C14H20ClNS/c1-2-16-12-4-3-5-14(10-12)17-13-8-6-11(15)7-9-13/h6-9,12,14,16H,2-5,10H2,1H3. The molecule has 1 N–H and O–H groups in total. The number of halogens is 1. The van der Waals surface area contributed by atoms with Crippen molar-refractivity contribution in [3.05, 3.63) is 29.3 Å². The summed E-state index contributed by atoms with van der Waals surface area (Å²) in [6.07, 6.45) is 5.32. The van der Waals surface area contributed by atoms with Gasteiger partial charge in [-0.05, 0) is 50.1 Å². The minimum Gasteiger partial charge on any atom is -0.314 e. The van der Waals surface area contributed by atoms with Crippen LogP contribution < -0.4 is 5.32 Å². The summed E-state index contributed by atoms with van der Waals surface area (Å²) in [5.74, 6) is 0. The second kappa shape index (κ2) is 6.67. The van der Waals surface area contributed by atoms with Crippen LogP contribution in [-0.4, -0.2) is 17.8 Å². The SMILES string of the molecule is CCNC1CCCC(Sc2ccc(Cl)cc2)C1. The zero-order chi connectivity index (χ0) is 12.1. The molecule has 1 nitrogen and oxygen atoms in total. The summed E-state index contributed by atoms with van der Waals surface area (Å²) in [6, 6.07) is 8.94. The lowest BCUT2D eigenvalue weighted by atomic mass is 9.95. The van der Waals surface area contributed by atoms with Crippen molar-refractivity contribution in [3.63, 3.8) is 0 Å². The van der Waals surface area contributed by atoms with E-state index in [2.05, 4.69) is 24.4 Å². The fraction of sp³-hybridized carbons (Fsp3) is 0.571. The Hall–Kier alpha value is -0.180. The van der Waals surface area contributed by atoms with Gasteiger partial charge in [-0.3, -0.25) is 0 Å². The van der Waals surface area contributed by atoms with Crippen LogP contribution >= 0.6 is 23.4 Å². The van der Waals surface area contributed by atoms with Crippen molar-refractivity contribution in [1.82, 2.24) is 5.32 Å². The van der Waals surface area contributed by atoms with E-state index in [1.165, 1.54) is 30.6 Å². The van der Waals surface area contributed by atoms with Crippen LogP contribution in [0.1, 0.15) is 32.6 Å². The van der Waals surface area contributed by atoms with Crippen molar-refractivity contribution >= 4 is 23.4 Å². The van der Waals surface area contributed by atoms with Crippen LogP contribution in [0.3, 0.4) is 0 Å². The average molecular weight is 270 g/mol. The van der Waals surface area contributed by atoms with Crippen LogP contribution in [0.25, 0.3) is 0 Å². The van der Waals surface area contributed by atoms with Gasteiger partial charge in [0.15, 0.2) is 0 Å². The molecular formula is C14H20ClNS. The van der Waals surface area contributed by atoms with E-state index < -0.39 is 0 Å². The van der Waals surface area contributed by atoms with Crippen molar-refractivity contribution in [2.75, 3.05) is 6.54 Å². The lowest BCUT2D eigenvalue weighted by molar-refractivity contribution is 0.388. The molecule has 3 heteroatoms. The number of hydrogen-bond donors (Lipinski definition) is 1. The first kappa shape index (κ1) is 13.3. The molecule has 2 atom stereocenters. The lowest BCUT2D eigenvalue weighted by Crippen LogP contribution is -2.34. The zero-order valence-corrected chi connectivity index (χ0v) is 11.9. The second-order valence-corrected chi connectivity index (χ2v) is 6.43. The van der Waals surface area contributed by atoms with Crippen LogP contribution in [-0.2, 0) is 0 Å². The monoisotopic (exact) mass is 269 g/mol. The predicted molar refractivity (Wildman–Crippen MR) is 77.0 cm³/mol. The fourth-order valence-electron chi connectivity index (χ4n) is 2.43. The molecule has 0 radical (unpaired) electrons. The quantitative estimate of drug-likeness (QED) is 0.872. The fourth-order valence-corrected chi connectivity index (χ4v) is 3.85. The molecule has 2 rings (SSSR count). The third kappa shape index (κ3) is 4.20. The van der Waals surface area contributed by atoms with Crippen molar-refractivity contribution in [2.24, 2.45) is 0 Å². The predicted octanol–water partition coefficient (Wildman–Crippen LogP) is 4.35. The van der Waals surface area contributed by atoms with Gasteiger partial charge < -0.3 is 5.32 Å². The summed E-state index contributed by atoms with van der Waals surface area (Å²) in [7, 11) is 0. The van der Waals surface area contributed by atoms with Gasteiger partial charge in [0.1, 0.15) is 0 Å². The third-order valence-corrected chi connectivity index (χ3v) is 4.79. The highest BCUT2D eigenvalue weighted by atomic mass is 35.5. The Labute approximate surface area is 113 Å². The maximum atomic E-state index is 5.90. The molecule has 1 aromatic carbocycles. The molecule has 2 unspecified atom stereocenters. The smallest absolute Gasteiger partial charge is 0.0406 e. The number of rotatable bonds is 4. The highest BCUT2D eigenvalue weighted by Gasteiger charge is 2.21. The van der Waals surface area contributed by atoms with Crippen molar-refractivity contribution < 1.29 is 0 Å². The molecule has 1 saturated carbocycles. The normalized spacial score (nSPS) is 24.8. The molecule has 0 aromatic heterocycles. The van der Waals surface area contributed by atoms with Crippen LogP contribution in [0.2, 0.25) is 5.02 Å². The van der Waals surface area contributed by atoms with Gasteiger partial charge >= 0.3 is 0 Å². The summed E-state index contributed by atoms with van der Waals surface area (Å²) >= 11 is 7.90. The van der Waals surface area contributed by atoms with E-state index in [-0.39, 0.29) is 0 Å². The molecule has 1 aromatic rings. The number of thioether (sulfide) groups is 1. The van der Waals surface area contributed by atoms with Gasteiger partial charge in [0, 0.05) is 21.2 Å². The van der Waals surface area contributed by atoms with Gasteiger partial charge in [0.2, 0.25) is 0 Å². The van der Waals surface area contributed by atoms with E-state index in [1.54, 1.807) is 0 Å². The summed E-state index contributed by atoms with van der Waals surface area (Å²) < 4.78 is 0. The Morgan fingerprint density at radius 1 is 1.29 bits per heavy atom. The molecule has 0 saturated heterocycles. The third-order valence-electron chi connectivity index (χ3n) is 3.24. The van der Waals surface area contributed by atoms with Gasteiger partial charge in [-0.1, -0.05) is 24.9 Å². The summed E-state index contributed by atoms with van der Waals surface area (Å²) in [4.78, 5) is 1.34. The maximum Gasteiger partial charge on any atom is 0.0406 e. The summed E-state index contributed by atoms with van der Waals surface area (Å²) in [5, 5.41) is 5.16. The second-order valence-electron chi connectivity index (χ2n) is 4.61. The van der Waals surface area contributed by atoms with E-state index >= 15 is 0 Å². The van der Waals surface area contributed by atoms with E-state index in [0.717, 1.165) is 22.9 Å². The highest BCUT2D eigenvalue weighted by Crippen LogP contribution is 2.34. The number of benzene rings is 1. The Bertz CT molecular complexity index is 337. The van der Waals surface area contributed by atoms with E-state index in [0.29, 0.717) is 0 Å². The molecule has 0 bridgehead atoms. The number of hydrogen-bond acceptors (Lipinski definition) is 2. The van der Waals surface area contributed by atoms with Gasteiger partial charge in [0.25, 0.3) is 0 Å². The molecule has 0 spiro atoms. The van der Waals surface area contributed by atoms with Gasteiger partial charge in [-0.2, -0.15) is 0 Å². The Balaban J connectivity index is 1.87. The number of nitrogens with one attached hydrogen (secondary N) is 1. The van der Waals surface area contributed by atoms with E-state index in [1.807, 2.05) is 23.9 Å². The largest absolute Gasteiger partial charge is 0.314 e. The average Bonchev–Trinajstić information content (AvgIpc) is 2.33. The van der Waals surface area contributed by atoms with Crippen molar-refractivity contribution in [2.45, 2.75) is 48.8 Å². The maximum absolute atomic E-state index is 5.90. The summed E-state index contributed by atoms with van der Waals surface area (Å²) in [5.41, 5.74) is 0. The van der Waals surface area contributed by atoms with Gasteiger partial charge in [-0.25, -0.2) is 0 Å². The van der Waals surface area contributed by atoms with Crippen LogP contribution in [0.5, 0.6) is 0 Å². The molecular weight excluding hydrogens is 250 g/mol. The Morgan fingerprint density at radius 2 is 2.06 bits per heavy atom. The first-order valence-corrected chi connectivity index (χ1v) is 7.69. The first-order valence-electron chi connectivity index (χ1n) is 6.43. The van der Waals surface area contributed by atoms with Crippen LogP contribution in [0.4, 0.5) is 0 Å². The lowest BCUT2D eigenvalue weighted by Gasteiger charge is -2.29.